The molecule has 0 spiro atoms. The molecule has 14 heavy (non-hydrogen) atoms. The van der Waals surface area contributed by atoms with Crippen LogP contribution in [0.15, 0.2) is 18.2 Å². The molecule has 1 fully saturated rings. The van der Waals surface area contributed by atoms with E-state index >= 15 is 0 Å². The number of aliphatic hydroxyl groups is 1. The van der Waals surface area contributed by atoms with Crippen molar-refractivity contribution in [3.8, 4) is 0 Å². The maximum atomic E-state index is 13.2. The molecule has 76 valence electrons. The van der Waals surface area contributed by atoms with E-state index in [9.17, 15) is 13.9 Å². The van der Waals surface area contributed by atoms with Crippen molar-refractivity contribution in [1.82, 2.24) is 0 Å². The van der Waals surface area contributed by atoms with E-state index in [0.29, 0.717) is 0 Å². The smallest absolute Gasteiger partial charge is 0.129 e. The zero-order valence-electron chi connectivity index (χ0n) is 7.71. The number of hydrogen-bond acceptors (Lipinski definition) is 1. The number of aliphatic hydroxyl groups excluding tert-OH is 1. The van der Waals surface area contributed by atoms with E-state index in [0.717, 1.165) is 37.5 Å². The molecule has 0 aliphatic heterocycles. The molecule has 0 heterocycles. The summed E-state index contributed by atoms with van der Waals surface area (Å²) in [7, 11) is 0. The predicted molar refractivity (Wildman–Crippen MR) is 48.7 cm³/mol. The Morgan fingerprint density at radius 2 is 2.00 bits per heavy atom. The monoisotopic (exact) mass is 198 g/mol. The Kier molecular flexibility index (Phi) is 2.50. The van der Waals surface area contributed by atoms with Crippen molar-refractivity contribution in [3.63, 3.8) is 0 Å². The van der Waals surface area contributed by atoms with E-state index in [1.165, 1.54) is 0 Å². The first-order valence-corrected chi connectivity index (χ1v) is 4.81. The van der Waals surface area contributed by atoms with Gasteiger partial charge in [-0.3, -0.25) is 0 Å². The molecule has 1 saturated carbocycles. The lowest BCUT2D eigenvalue weighted by Crippen LogP contribution is -2.20. The minimum atomic E-state index is -0.848. The van der Waals surface area contributed by atoms with Gasteiger partial charge in [-0.15, -0.1) is 0 Å². The van der Waals surface area contributed by atoms with Gasteiger partial charge in [0, 0.05) is 5.56 Å². The van der Waals surface area contributed by atoms with E-state index in [2.05, 4.69) is 0 Å². The second kappa shape index (κ2) is 3.65. The van der Waals surface area contributed by atoms with E-state index in [-0.39, 0.29) is 11.5 Å². The normalized spacial score (nSPS) is 19.1. The molecule has 1 aromatic rings. The van der Waals surface area contributed by atoms with Crippen molar-refractivity contribution in [1.29, 1.82) is 0 Å². The second-order valence-corrected chi connectivity index (χ2v) is 3.80. The molecule has 1 aromatic carbocycles. The molecule has 1 aliphatic carbocycles. The Bertz CT molecular complexity index is 334. The van der Waals surface area contributed by atoms with Crippen molar-refractivity contribution in [3.05, 3.63) is 35.4 Å². The highest BCUT2D eigenvalue weighted by Gasteiger charge is 2.28. The van der Waals surface area contributed by atoms with Gasteiger partial charge in [-0.25, -0.2) is 8.78 Å². The van der Waals surface area contributed by atoms with Gasteiger partial charge in [0.25, 0.3) is 0 Å². The SMILES string of the molecule is OC(c1cc(F)ccc1F)C1CCC1. The van der Waals surface area contributed by atoms with Gasteiger partial charge in [0.2, 0.25) is 0 Å². The first-order chi connectivity index (χ1) is 6.68. The highest BCUT2D eigenvalue weighted by molar-refractivity contribution is 5.22. The third-order valence-electron chi connectivity index (χ3n) is 2.87. The van der Waals surface area contributed by atoms with Crippen LogP contribution in [0.3, 0.4) is 0 Å². The molecule has 1 nitrogen and oxygen atoms in total. The molecule has 3 heteroatoms. The van der Waals surface area contributed by atoms with Crippen LogP contribution in [0.5, 0.6) is 0 Å². The molecule has 1 atom stereocenters. The largest absolute Gasteiger partial charge is 0.388 e. The van der Waals surface area contributed by atoms with Crippen LogP contribution in [-0.2, 0) is 0 Å². The zero-order chi connectivity index (χ0) is 10.1. The summed E-state index contributed by atoms with van der Waals surface area (Å²) in [6.45, 7) is 0. The standard InChI is InChI=1S/C11H12F2O/c12-8-4-5-10(13)9(6-8)11(14)7-2-1-3-7/h4-7,11,14H,1-3H2. The lowest BCUT2D eigenvalue weighted by Gasteiger charge is -2.30. The van der Waals surface area contributed by atoms with Gasteiger partial charge in [-0.1, -0.05) is 6.42 Å². The van der Waals surface area contributed by atoms with Crippen molar-refractivity contribution in [2.45, 2.75) is 25.4 Å². The van der Waals surface area contributed by atoms with Crippen LogP contribution in [0.25, 0.3) is 0 Å². The highest BCUT2D eigenvalue weighted by Crippen LogP contribution is 2.38. The number of halogens is 2. The van der Waals surface area contributed by atoms with Crippen LogP contribution in [0.2, 0.25) is 0 Å². The van der Waals surface area contributed by atoms with Gasteiger partial charge >= 0.3 is 0 Å². The molecule has 0 bridgehead atoms. The first kappa shape index (κ1) is 9.59. The van der Waals surface area contributed by atoms with Gasteiger partial charge in [0.15, 0.2) is 0 Å². The van der Waals surface area contributed by atoms with Gasteiger partial charge in [-0.2, -0.15) is 0 Å². The average molecular weight is 198 g/mol. The van der Waals surface area contributed by atoms with Crippen LogP contribution >= 0.6 is 0 Å². The minimum Gasteiger partial charge on any atom is -0.388 e. The molecule has 0 saturated heterocycles. The van der Waals surface area contributed by atoms with Crippen LogP contribution in [-0.4, -0.2) is 5.11 Å². The Morgan fingerprint density at radius 1 is 1.29 bits per heavy atom. The van der Waals surface area contributed by atoms with Crippen LogP contribution in [0.1, 0.15) is 30.9 Å². The van der Waals surface area contributed by atoms with Gasteiger partial charge in [-0.05, 0) is 37.0 Å². The molecule has 0 radical (unpaired) electrons. The van der Waals surface area contributed by atoms with Crippen molar-refractivity contribution in [2.75, 3.05) is 0 Å². The minimum absolute atomic E-state index is 0.0923. The fraction of sp³-hybridized carbons (Fsp3) is 0.455. The summed E-state index contributed by atoms with van der Waals surface area (Å²) in [6.07, 6.45) is 2.02. The summed E-state index contributed by atoms with van der Waals surface area (Å²) < 4.78 is 26.0. The molecule has 1 unspecified atom stereocenters. The Hall–Kier alpha value is -0.960. The second-order valence-electron chi connectivity index (χ2n) is 3.80. The maximum absolute atomic E-state index is 13.2. The molecule has 1 N–H and O–H groups in total. The summed E-state index contributed by atoms with van der Waals surface area (Å²) in [5.74, 6) is -0.920. The number of hydrogen-bond donors (Lipinski definition) is 1. The summed E-state index contributed by atoms with van der Waals surface area (Å²) in [6, 6.07) is 3.21. The van der Waals surface area contributed by atoms with E-state index in [1.807, 2.05) is 0 Å². The molecular weight excluding hydrogens is 186 g/mol. The van der Waals surface area contributed by atoms with E-state index in [1.54, 1.807) is 0 Å². The third kappa shape index (κ3) is 1.64. The fourth-order valence-corrected chi connectivity index (χ4v) is 1.75. The quantitative estimate of drug-likeness (QED) is 0.774. The van der Waals surface area contributed by atoms with Crippen LogP contribution in [0, 0.1) is 17.6 Å². The zero-order valence-corrected chi connectivity index (χ0v) is 7.71. The summed E-state index contributed by atoms with van der Waals surface area (Å²) in [5.41, 5.74) is 0.0923. The molecule has 2 rings (SSSR count). The summed E-state index contributed by atoms with van der Waals surface area (Å²) >= 11 is 0. The van der Waals surface area contributed by atoms with Gasteiger partial charge < -0.3 is 5.11 Å². The van der Waals surface area contributed by atoms with Crippen molar-refractivity contribution in [2.24, 2.45) is 5.92 Å². The highest BCUT2D eigenvalue weighted by atomic mass is 19.1. The van der Waals surface area contributed by atoms with Gasteiger partial charge in [0.05, 0.1) is 6.10 Å². The average Bonchev–Trinajstić information content (AvgIpc) is 2.06. The Morgan fingerprint density at radius 3 is 2.57 bits per heavy atom. The fourth-order valence-electron chi connectivity index (χ4n) is 1.75. The number of benzene rings is 1. The topological polar surface area (TPSA) is 20.2 Å². The Labute approximate surface area is 81.4 Å². The van der Waals surface area contributed by atoms with Crippen LogP contribution < -0.4 is 0 Å². The summed E-state index contributed by atoms with van der Waals surface area (Å²) in [4.78, 5) is 0. The number of rotatable bonds is 2. The molecule has 0 aromatic heterocycles. The Balaban J connectivity index is 2.24. The first-order valence-electron chi connectivity index (χ1n) is 4.81. The third-order valence-corrected chi connectivity index (χ3v) is 2.87. The predicted octanol–water partition coefficient (Wildman–Crippen LogP) is 2.80. The van der Waals surface area contributed by atoms with E-state index < -0.39 is 17.7 Å². The van der Waals surface area contributed by atoms with Gasteiger partial charge in [0.1, 0.15) is 11.6 Å². The van der Waals surface area contributed by atoms with Crippen LogP contribution in [0.4, 0.5) is 8.78 Å². The molecule has 0 amide bonds. The molecule has 1 aliphatic rings. The lowest BCUT2D eigenvalue weighted by molar-refractivity contribution is 0.0589. The van der Waals surface area contributed by atoms with Crippen molar-refractivity contribution < 1.29 is 13.9 Å². The summed E-state index contributed by atoms with van der Waals surface area (Å²) in [5, 5.41) is 9.74. The van der Waals surface area contributed by atoms with Crippen molar-refractivity contribution >= 4 is 0 Å². The van der Waals surface area contributed by atoms with E-state index in [4.69, 9.17) is 0 Å². The maximum Gasteiger partial charge on any atom is 0.129 e. The lowest BCUT2D eigenvalue weighted by atomic mass is 9.79. The molecular formula is C11H12F2O.